The average molecular weight is 576 g/mol. The van der Waals surface area contributed by atoms with Crippen molar-refractivity contribution >= 4 is 50.5 Å². The Balaban J connectivity index is 1.38. The number of rotatable bonds is 6. The minimum atomic E-state index is -3.61. The highest BCUT2D eigenvalue weighted by Crippen LogP contribution is 2.35. The van der Waals surface area contributed by atoms with Crippen LogP contribution in [-0.4, -0.2) is 90.8 Å². The third-order valence-corrected chi connectivity index (χ3v) is 8.11. The maximum Gasteiger partial charge on any atom is 0.256 e. The number of sulfonamides is 1. The number of β-amino-alcohol motifs (C(OH)–C–C–N with tert-alkyl or cyclic N) is 1. The van der Waals surface area contributed by atoms with E-state index in [1.165, 1.54) is 12.1 Å². The zero-order valence-electron chi connectivity index (χ0n) is 21.5. The Morgan fingerprint density at radius 2 is 1.97 bits per heavy atom. The van der Waals surface area contributed by atoms with Crippen LogP contribution in [0.2, 0.25) is 5.02 Å². The molecule has 1 amide bonds. The number of likely N-dealkylation sites (tertiary alicyclic amines) is 1. The van der Waals surface area contributed by atoms with E-state index in [1.807, 2.05) is 17.0 Å². The smallest absolute Gasteiger partial charge is 0.256 e. The van der Waals surface area contributed by atoms with Crippen LogP contribution in [0.4, 0.5) is 17.3 Å². The highest BCUT2D eigenvalue weighted by atomic mass is 35.5. The van der Waals surface area contributed by atoms with Crippen LogP contribution < -0.4 is 14.5 Å². The first-order valence-electron chi connectivity index (χ1n) is 12.9. The fourth-order valence-electron chi connectivity index (χ4n) is 5.37. The summed E-state index contributed by atoms with van der Waals surface area (Å²) >= 11 is 6.22. The maximum atomic E-state index is 13.9. The number of amides is 1. The molecule has 3 aromatic rings. The van der Waals surface area contributed by atoms with E-state index in [9.17, 15) is 18.3 Å². The topological polar surface area (TPSA) is 133 Å². The van der Waals surface area contributed by atoms with Crippen LogP contribution in [0.1, 0.15) is 41.4 Å². The minimum absolute atomic E-state index is 0.186. The highest BCUT2D eigenvalue weighted by molar-refractivity contribution is 7.92. The molecule has 6 rings (SSSR count). The van der Waals surface area contributed by atoms with E-state index < -0.39 is 10.0 Å². The maximum absolute atomic E-state index is 13.9. The van der Waals surface area contributed by atoms with Gasteiger partial charge in [0.25, 0.3) is 5.91 Å². The van der Waals surface area contributed by atoms with Gasteiger partial charge in [-0.15, -0.1) is 0 Å². The second kappa shape index (κ2) is 10.1. The van der Waals surface area contributed by atoms with Gasteiger partial charge in [-0.25, -0.2) is 13.4 Å². The standard InChI is InChI=1S/C25H30ClN7O5S/c1-39(36,37)29-19-6-5-16(26)10-18(19)25(35)32-7-3-2-4-21(32)20-11-23-27-22(31-13-17(34)14-31)12-24(33(23)28-20)30-8-9-38-15-30/h5-6,10-12,17,21,29,34H,2-4,7-9,13-15H2,1H3/t21-/m0/s1. The number of aliphatic hydroxyl groups excluding tert-OH is 1. The molecule has 5 heterocycles. The van der Waals surface area contributed by atoms with E-state index in [4.69, 9.17) is 26.4 Å². The predicted octanol–water partition coefficient (Wildman–Crippen LogP) is 2.10. The van der Waals surface area contributed by atoms with Crippen LogP contribution in [0.25, 0.3) is 5.65 Å². The van der Waals surface area contributed by atoms with Crippen LogP contribution in [-0.2, 0) is 14.8 Å². The summed E-state index contributed by atoms with van der Waals surface area (Å²) in [4.78, 5) is 24.6. The summed E-state index contributed by atoms with van der Waals surface area (Å²) < 4.78 is 33.7. The third-order valence-electron chi connectivity index (χ3n) is 7.29. The van der Waals surface area contributed by atoms with Crippen LogP contribution in [0.3, 0.4) is 0 Å². The van der Waals surface area contributed by atoms with Gasteiger partial charge < -0.3 is 24.5 Å². The third kappa shape index (κ3) is 5.23. The first kappa shape index (κ1) is 26.1. The number of nitrogens with zero attached hydrogens (tertiary/aromatic N) is 6. The number of benzene rings is 1. The van der Waals surface area contributed by atoms with E-state index in [0.717, 1.165) is 37.3 Å². The Morgan fingerprint density at radius 3 is 2.69 bits per heavy atom. The molecule has 2 N–H and O–H groups in total. The number of anilines is 3. The lowest BCUT2D eigenvalue weighted by molar-refractivity contribution is 0.0607. The summed E-state index contributed by atoms with van der Waals surface area (Å²) in [6.45, 7) is 3.32. The number of piperidine rings is 1. The molecule has 0 saturated carbocycles. The Hall–Kier alpha value is -3.13. The predicted molar refractivity (Wildman–Crippen MR) is 147 cm³/mol. The van der Waals surface area contributed by atoms with Gasteiger partial charge in [-0.1, -0.05) is 11.6 Å². The number of carbonyl (C=O) groups is 1. The average Bonchev–Trinajstić information content (AvgIpc) is 3.56. The molecule has 3 fully saturated rings. The molecule has 0 spiro atoms. The molecule has 0 unspecified atom stereocenters. The van der Waals surface area contributed by atoms with Crippen molar-refractivity contribution in [2.45, 2.75) is 31.4 Å². The summed E-state index contributed by atoms with van der Waals surface area (Å²) in [5, 5.41) is 15.1. The molecule has 14 heteroatoms. The van der Waals surface area contributed by atoms with Crippen molar-refractivity contribution in [3.05, 3.63) is 46.6 Å². The lowest BCUT2D eigenvalue weighted by Gasteiger charge is -2.37. The molecule has 208 valence electrons. The molecule has 3 aliphatic heterocycles. The molecule has 1 aromatic carbocycles. The number of hydrogen-bond acceptors (Lipinski definition) is 9. The SMILES string of the molecule is CS(=O)(=O)Nc1ccc(Cl)cc1C(=O)N1CCCC[C@H]1c1cc2nc(N3CC(O)C3)cc(N3CCOC3)n2n1. The molecule has 0 aliphatic carbocycles. The van der Waals surface area contributed by atoms with Crippen molar-refractivity contribution in [1.29, 1.82) is 0 Å². The van der Waals surface area contributed by atoms with Crippen molar-refractivity contribution in [3.63, 3.8) is 0 Å². The van der Waals surface area contributed by atoms with Gasteiger partial charge in [-0.2, -0.15) is 9.61 Å². The van der Waals surface area contributed by atoms with Crippen molar-refractivity contribution in [2.24, 2.45) is 0 Å². The minimum Gasteiger partial charge on any atom is -0.389 e. The Labute approximate surface area is 231 Å². The van der Waals surface area contributed by atoms with Crippen LogP contribution in [0.5, 0.6) is 0 Å². The van der Waals surface area contributed by atoms with Crippen LogP contribution >= 0.6 is 11.6 Å². The second-order valence-corrected chi connectivity index (χ2v) is 12.4. The van der Waals surface area contributed by atoms with E-state index in [0.29, 0.717) is 55.8 Å². The Kier molecular flexibility index (Phi) is 6.78. The van der Waals surface area contributed by atoms with Crippen molar-refractivity contribution in [3.8, 4) is 0 Å². The van der Waals surface area contributed by atoms with Gasteiger partial charge in [-0.05, 0) is 37.5 Å². The van der Waals surface area contributed by atoms with Crippen LogP contribution in [0.15, 0.2) is 30.3 Å². The van der Waals surface area contributed by atoms with Gasteiger partial charge in [0, 0.05) is 43.3 Å². The number of fused-ring (bicyclic) bond motifs is 1. The first-order valence-corrected chi connectivity index (χ1v) is 15.2. The number of hydrogen-bond donors (Lipinski definition) is 2. The largest absolute Gasteiger partial charge is 0.389 e. The molecule has 0 bridgehead atoms. The molecular formula is C25H30ClN7O5S. The molecule has 39 heavy (non-hydrogen) atoms. The van der Waals surface area contributed by atoms with Gasteiger partial charge in [0.1, 0.15) is 18.4 Å². The Bertz CT molecular complexity index is 1520. The number of carbonyl (C=O) groups excluding carboxylic acids is 1. The Morgan fingerprint density at radius 1 is 1.15 bits per heavy atom. The normalized spacial score (nSPS) is 20.5. The number of aromatic nitrogens is 3. The van der Waals surface area contributed by atoms with Gasteiger partial charge in [0.2, 0.25) is 10.0 Å². The fraction of sp³-hybridized carbons (Fsp3) is 0.480. The number of aliphatic hydroxyl groups is 1. The van der Waals surface area contributed by atoms with E-state index in [1.54, 1.807) is 15.5 Å². The number of ether oxygens (including phenoxy) is 1. The second-order valence-electron chi connectivity index (χ2n) is 10.2. The van der Waals surface area contributed by atoms with Gasteiger partial charge >= 0.3 is 0 Å². The molecule has 12 nitrogen and oxygen atoms in total. The molecule has 3 saturated heterocycles. The molecular weight excluding hydrogens is 546 g/mol. The first-order chi connectivity index (χ1) is 18.7. The summed E-state index contributed by atoms with van der Waals surface area (Å²) in [7, 11) is -3.61. The summed E-state index contributed by atoms with van der Waals surface area (Å²) in [5.74, 6) is 1.28. The monoisotopic (exact) mass is 575 g/mol. The summed E-state index contributed by atoms with van der Waals surface area (Å²) in [6, 6.07) is 8.09. The van der Waals surface area contributed by atoms with E-state index in [2.05, 4.69) is 9.62 Å². The zero-order chi connectivity index (χ0) is 27.3. The summed E-state index contributed by atoms with van der Waals surface area (Å²) in [6.07, 6.45) is 3.13. The van der Waals surface area contributed by atoms with Crippen molar-refractivity contribution in [2.75, 3.05) is 60.3 Å². The lowest BCUT2D eigenvalue weighted by atomic mass is 9.98. The fourth-order valence-corrected chi connectivity index (χ4v) is 6.12. The quantitative estimate of drug-likeness (QED) is 0.453. The lowest BCUT2D eigenvalue weighted by Crippen LogP contribution is -2.51. The van der Waals surface area contributed by atoms with E-state index >= 15 is 0 Å². The molecule has 2 aromatic heterocycles. The zero-order valence-corrected chi connectivity index (χ0v) is 23.0. The van der Waals surface area contributed by atoms with Crippen molar-refractivity contribution in [1.82, 2.24) is 19.5 Å². The van der Waals surface area contributed by atoms with Gasteiger partial charge in [-0.3, -0.25) is 9.52 Å². The van der Waals surface area contributed by atoms with E-state index in [-0.39, 0.29) is 29.3 Å². The summed E-state index contributed by atoms with van der Waals surface area (Å²) in [5.41, 5.74) is 1.73. The molecule has 1 atom stereocenters. The van der Waals surface area contributed by atoms with Crippen LogP contribution in [0, 0.1) is 0 Å². The molecule has 3 aliphatic rings. The number of halogens is 1. The number of nitrogens with one attached hydrogen (secondary N) is 1. The highest BCUT2D eigenvalue weighted by Gasteiger charge is 2.33. The van der Waals surface area contributed by atoms with Gasteiger partial charge in [0.15, 0.2) is 5.65 Å². The van der Waals surface area contributed by atoms with Gasteiger partial charge in [0.05, 0.1) is 42.0 Å². The molecule has 0 radical (unpaired) electrons. The van der Waals surface area contributed by atoms with Crippen molar-refractivity contribution < 1.29 is 23.1 Å².